The normalized spacial score (nSPS) is 19.6. The van der Waals surface area contributed by atoms with Crippen LogP contribution in [0.25, 0.3) is 0 Å². The van der Waals surface area contributed by atoms with Gasteiger partial charge in [0.05, 0.1) is 12.1 Å². The molecule has 2 heterocycles. The number of halogens is 1. The van der Waals surface area contributed by atoms with Crippen LogP contribution in [0.1, 0.15) is 34.5 Å². The Balaban J connectivity index is 1.69. The Hall–Kier alpha value is -2.24. The number of rotatable bonds is 5. The molecule has 0 spiro atoms. The second kappa shape index (κ2) is 7.98. The molecule has 1 aromatic carbocycles. The van der Waals surface area contributed by atoms with Crippen molar-refractivity contribution in [1.29, 1.82) is 0 Å². The molecule has 1 saturated heterocycles. The Kier molecular flexibility index (Phi) is 5.69. The van der Waals surface area contributed by atoms with Gasteiger partial charge in [0.1, 0.15) is 0 Å². The van der Waals surface area contributed by atoms with Crippen LogP contribution < -0.4 is 0 Å². The molecule has 2 aromatic rings. The van der Waals surface area contributed by atoms with Crippen LogP contribution in [0.3, 0.4) is 0 Å². The summed E-state index contributed by atoms with van der Waals surface area (Å²) in [5, 5.41) is 10.7. The highest BCUT2D eigenvalue weighted by Gasteiger charge is 2.38. The number of ketones is 1. The number of Topliss-reactive ketones (excluding diaryl/α,β-unsaturated/α-hetero) is 1. The molecule has 5 nitrogen and oxygen atoms in total. The van der Waals surface area contributed by atoms with Crippen molar-refractivity contribution in [3.8, 4) is 0 Å². The Morgan fingerprint density at radius 3 is 2.69 bits per heavy atom. The molecule has 1 N–H and O–H groups in total. The molecule has 136 valence electrons. The van der Waals surface area contributed by atoms with Gasteiger partial charge in [-0.1, -0.05) is 23.7 Å². The minimum atomic E-state index is -0.675. The van der Waals surface area contributed by atoms with Gasteiger partial charge in [-0.05, 0) is 43.2 Å². The average Bonchev–Trinajstić information content (AvgIpc) is 3.02. The molecule has 6 heteroatoms. The Bertz CT molecular complexity index is 807. The number of pyridine rings is 1. The third-order valence-corrected chi connectivity index (χ3v) is 4.88. The molecule has 1 aliphatic heterocycles. The number of carbonyl (C=O) groups excluding carboxylic acids is 2. The Morgan fingerprint density at radius 2 is 2.00 bits per heavy atom. The Labute approximate surface area is 157 Å². The summed E-state index contributed by atoms with van der Waals surface area (Å²) in [7, 11) is 0. The summed E-state index contributed by atoms with van der Waals surface area (Å²) in [4.78, 5) is 31.1. The van der Waals surface area contributed by atoms with Crippen LogP contribution in [0.5, 0.6) is 0 Å². The first-order chi connectivity index (χ1) is 12.4. The van der Waals surface area contributed by atoms with E-state index >= 15 is 0 Å². The van der Waals surface area contributed by atoms with E-state index in [1.165, 1.54) is 4.90 Å². The number of hydrogen-bond donors (Lipinski definition) is 1. The van der Waals surface area contributed by atoms with Gasteiger partial charge in [-0.2, -0.15) is 0 Å². The first kappa shape index (κ1) is 18.5. The monoisotopic (exact) mass is 372 g/mol. The minimum Gasteiger partial charge on any atom is -0.391 e. The molecule has 1 amide bonds. The average molecular weight is 373 g/mol. The lowest BCUT2D eigenvalue weighted by molar-refractivity contribution is -0.122. The van der Waals surface area contributed by atoms with E-state index in [-0.39, 0.29) is 24.7 Å². The van der Waals surface area contributed by atoms with Crippen molar-refractivity contribution < 1.29 is 14.7 Å². The smallest absolute Gasteiger partial charge is 0.254 e. The van der Waals surface area contributed by atoms with Gasteiger partial charge in [-0.25, -0.2) is 0 Å². The molecule has 1 aromatic heterocycles. The third kappa shape index (κ3) is 4.29. The van der Waals surface area contributed by atoms with Gasteiger partial charge in [-0.3, -0.25) is 14.6 Å². The lowest BCUT2D eigenvalue weighted by atomic mass is 10.0. The fraction of sp³-hybridized carbons (Fsp3) is 0.350. The summed E-state index contributed by atoms with van der Waals surface area (Å²) in [6.07, 6.45) is 2.09. The quantitative estimate of drug-likeness (QED) is 0.876. The zero-order chi connectivity index (χ0) is 18.7. The molecule has 0 radical (unpaired) electrons. The van der Waals surface area contributed by atoms with Crippen LogP contribution in [-0.4, -0.2) is 45.4 Å². The fourth-order valence-corrected chi connectivity index (χ4v) is 3.40. The topological polar surface area (TPSA) is 70.5 Å². The number of benzene rings is 1. The largest absolute Gasteiger partial charge is 0.391 e. The highest BCUT2D eigenvalue weighted by Crippen LogP contribution is 2.23. The van der Waals surface area contributed by atoms with Crippen molar-refractivity contribution in [3.05, 3.63) is 64.4 Å². The summed E-state index contributed by atoms with van der Waals surface area (Å²) in [5.74, 6) is -0.271. The second-order valence-electron chi connectivity index (χ2n) is 6.64. The van der Waals surface area contributed by atoms with E-state index in [1.807, 2.05) is 19.1 Å². The van der Waals surface area contributed by atoms with E-state index in [2.05, 4.69) is 4.98 Å². The Morgan fingerprint density at radius 1 is 1.27 bits per heavy atom. The minimum absolute atomic E-state index is 0.0318. The second-order valence-corrected chi connectivity index (χ2v) is 7.08. The van der Waals surface area contributed by atoms with Crippen molar-refractivity contribution in [2.45, 2.75) is 38.3 Å². The third-order valence-electron chi connectivity index (χ3n) is 4.63. The van der Waals surface area contributed by atoms with Crippen molar-refractivity contribution in [1.82, 2.24) is 9.88 Å². The number of aliphatic hydroxyl groups is 1. The number of aryl methyl sites for hydroxylation is 2. The van der Waals surface area contributed by atoms with Crippen LogP contribution in [-0.2, 0) is 11.2 Å². The SMILES string of the molecule is Cc1cc(C(=O)N2C[C@H](O)C[C@H]2C(=O)CCc2ccc(Cl)cc2)ccn1. The molecule has 1 fully saturated rings. The number of aliphatic hydroxyl groups excluding tert-OH is 1. The number of β-amino-alcohol motifs (C(OH)–C–C–N with tert-alkyl or cyclic N) is 1. The number of amides is 1. The maximum absolute atomic E-state index is 12.8. The zero-order valence-electron chi connectivity index (χ0n) is 14.6. The summed E-state index contributed by atoms with van der Waals surface area (Å²) in [5.41, 5.74) is 2.24. The van der Waals surface area contributed by atoms with Gasteiger partial charge in [0.15, 0.2) is 5.78 Å². The number of nitrogens with zero attached hydrogens (tertiary/aromatic N) is 2. The van der Waals surface area contributed by atoms with Crippen LogP contribution in [0.2, 0.25) is 5.02 Å². The van der Waals surface area contributed by atoms with Crippen LogP contribution >= 0.6 is 11.6 Å². The van der Waals surface area contributed by atoms with E-state index in [1.54, 1.807) is 30.5 Å². The summed E-state index contributed by atoms with van der Waals surface area (Å²) in [6, 6.07) is 10.1. The molecule has 3 rings (SSSR count). The van der Waals surface area contributed by atoms with Gasteiger partial charge in [0.2, 0.25) is 0 Å². The van der Waals surface area contributed by atoms with Gasteiger partial charge in [-0.15, -0.1) is 0 Å². The summed E-state index contributed by atoms with van der Waals surface area (Å²) >= 11 is 5.87. The fourth-order valence-electron chi connectivity index (χ4n) is 3.27. The number of aromatic nitrogens is 1. The zero-order valence-corrected chi connectivity index (χ0v) is 15.3. The van der Waals surface area contributed by atoms with E-state index in [9.17, 15) is 14.7 Å². The molecule has 0 saturated carbocycles. The van der Waals surface area contributed by atoms with Gasteiger partial charge < -0.3 is 10.0 Å². The van der Waals surface area contributed by atoms with Crippen molar-refractivity contribution in [2.75, 3.05) is 6.54 Å². The molecular formula is C20H21ClN2O3. The number of likely N-dealkylation sites (tertiary alicyclic amines) is 1. The van der Waals surface area contributed by atoms with Crippen LogP contribution in [0, 0.1) is 6.92 Å². The molecule has 0 aliphatic carbocycles. The van der Waals surface area contributed by atoms with E-state index in [4.69, 9.17) is 11.6 Å². The number of carbonyl (C=O) groups is 2. The number of hydrogen-bond acceptors (Lipinski definition) is 4. The van der Waals surface area contributed by atoms with E-state index in [0.717, 1.165) is 11.3 Å². The van der Waals surface area contributed by atoms with E-state index in [0.29, 0.717) is 23.4 Å². The lowest BCUT2D eigenvalue weighted by Crippen LogP contribution is -2.40. The molecule has 0 unspecified atom stereocenters. The standard InChI is InChI=1S/C20H21ClN2O3/c1-13-10-15(8-9-22-13)20(26)23-12-17(24)11-18(23)19(25)7-4-14-2-5-16(21)6-3-14/h2-3,5-6,8-10,17-18,24H,4,7,11-12H2,1H3/t17-,18+/m1/s1. The predicted octanol–water partition coefficient (Wildman–Crippen LogP) is 2.82. The van der Waals surface area contributed by atoms with E-state index < -0.39 is 12.1 Å². The molecule has 2 atom stereocenters. The van der Waals surface area contributed by atoms with Crippen LogP contribution in [0.4, 0.5) is 0 Å². The summed E-state index contributed by atoms with van der Waals surface area (Å²) in [6.45, 7) is 1.99. The van der Waals surface area contributed by atoms with Gasteiger partial charge in [0, 0.05) is 41.9 Å². The van der Waals surface area contributed by atoms with Gasteiger partial charge in [0.25, 0.3) is 5.91 Å². The molecule has 1 aliphatic rings. The highest BCUT2D eigenvalue weighted by atomic mass is 35.5. The highest BCUT2D eigenvalue weighted by molar-refractivity contribution is 6.30. The van der Waals surface area contributed by atoms with Gasteiger partial charge >= 0.3 is 0 Å². The first-order valence-corrected chi connectivity index (χ1v) is 9.00. The van der Waals surface area contributed by atoms with Crippen molar-refractivity contribution in [2.24, 2.45) is 0 Å². The molecule has 26 heavy (non-hydrogen) atoms. The maximum Gasteiger partial charge on any atom is 0.254 e. The van der Waals surface area contributed by atoms with Crippen molar-refractivity contribution in [3.63, 3.8) is 0 Å². The van der Waals surface area contributed by atoms with Crippen LogP contribution in [0.15, 0.2) is 42.6 Å². The predicted molar refractivity (Wildman–Crippen MR) is 99.2 cm³/mol. The lowest BCUT2D eigenvalue weighted by Gasteiger charge is -2.23. The summed E-state index contributed by atoms with van der Waals surface area (Å²) < 4.78 is 0. The molecular weight excluding hydrogens is 352 g/mol. The maximum atomic E-state index is 12.8. The first-order valence-electron chi connectivity index (χ1n) is 8.63. The van der Waals surface area contributed by atoms with Crippen molar-refractivity contribution >= 4 is 23.3 Å². The molecule has 0 bridgehead atoms.